The van der Waals surface area contributed by atoms with Gasteiger partial charge in [0.2, 0.25) is 10.0 Å². The van der Waals surface area contributed by atoms with Crippen molar-refractivity contribution in [3.8, 4) is 0 Å². The third-order valence-corrected chi connectivity index (χ3v) is 6.81. The van der Waals surface area contributed by atoms with Gasteiger partial charge in [-0.25, -0.2) is 8.42 Å². The Labute approximate surface area is 156 Å². The van der Waals surface area contributed by atoms with Gasteiger partial charge in [-0.2, -0.15) is 9.41 Å². The number of nitro groups is 1. The summed E-state index contributed by atoms with van der Waals surface area (Å²) < 4.78 is 26.9. The number of hydrazone groups is 1. The van der Waals surface area contributed by atoms with Crippen LogP contribution in [0.1, 0.15) is 24.3 Å². The second kappa shape index (κ2) is 8.39. The van der Waals surface area contributed by atoms with E-state index < -0.39 is 14.9 Å². The summed E-state index contributed by atoms with van der Waals surface area (Å²) in [6.45, 7) is 5.89. The molecule has 0 amide bonds. The average molecular weight is 396 g/mol. The van der Waals surface area contributed by atoms with Crippen molar-refractivity contribution in [3.63, 3.8) is 0 Å². The molecule has 0 fully saturated rings. The first kappa shape index (κ1) is 20.0. The van der Waals surface area contributed by atoms with Crippen LogP contribution in [0.25, 0.3) is 0 Å². The minimum atomic E-state index is -3.89. The number of thiophene rings is 1. The maximum atomic E-state index is 12.8. The van der Waals surface area contributed by atoms with Gasteiger partial charge in [-0.05, 0) is 30.0 Å². The summed E-state index contributed by atoms with van der Waals surface area (Å²) >= 11 is 1.51. The predicted octanol–water partition coefficient (Wildman–Crippen LogP) is 3.44. The van der Waals surface area contributed by atoms with Crippen LogP contribution in [-0.4, -0.2) is 37.0 Å². The number of nitrogens with one attached hydrogen (secondary N) is 1. The van der Waals surface area contributed by atoms with Crippen LogP contribution >= 0.6 is 11.3 Å². The highest BCUT2D eigenvalue weighted by Gasteiger charge is 2.27. The van der Waals surface area contributed by atoms with Crippen LogP contribution in [-0.2, 0) is 10.0 Å². The molecule has 2 rings (SSSR count). The molecule has 0 spiro atoms. The molecular formula is C16H20N4O4S2. The zero-order valence-corrected chi connectivity index (χ0v) is 16.3. The first-order chi connectivity index (χ1) is 12.3. The number of hydrogen-bond acceptors (Lipinski definition) is 7. The van der Waals surface area contributed by atoms with Gasteiger partial charge in [0.05, 0.1) is 16.8 Å². The Morgan fingerprint density at radius 1 is 1.31 bits per heavy atom. The quantitative estimate of drug-likeness (QED) is 0.418. The minimum absolute atomic E-state index is 0.171. The van der Waals surface area contributed by atoms with Crippen molar-refractivity contribution in [2.24, 2.45) is 5.10 Å². The topological polar surface area (TPSA) is 105 Å². The van der Waals surface area contributed by atoms with Crippen LogP contribution in [0.15, 0.2) is 39.6 Å². The molecule has 1 aromatic carbocycles. The van der Waals surface area contributed by atoms with Crippen molar-refractivity contribution in [3.05, 3.63) is 50.2 Å². The lowest BCUT2D eigenvalue weighted by Gasteiger charge is -2.20. The molecule has 0 bridgehead atoms. The molecule has 140 valence electrons. The SMILES string of the molecule is CCN(CC)S(=O)(=O)c1cc([N+](=O)[O-])ccc1N/N=C\c1sccc1C. The summed E-state index contributed by atoms with van der Waals surface area (Å²) in [5.41, 5.74) is 3.65. The molecule has 2 aromatic rings. The molecule has 8 nitrogen and oxygen atoms in total. The molecule has 0 atom stereocenters. The first-order valence-electron chi connectivity index (χ1n) is 7.93. The molecule has 0 aliphatic rings. The van der Waals surface area contributed by atoms with Crippen LogP contribution in [0.3, 0.4) is 0 Å². The highest BCUT2D eigenvalue weighted by atomic mass is 32.2. The van der Waals surface area contributed by atoms with Crippen molar-refractivity contribution in [1.29, 1.82) is 0 Å². The third kappa shape index (κ3) is 4.26. The van der Waals surface area contributed by atoms with Gasteiger partial charge in [-0.3, -0.25) is 15.5 Å². The van der Waals surface area contributed by atoms with Crippen LogP contribution in [0.2, 0.25) is 0 Å². The van der Waals surface area contributed by atoms with Crippen molar-refractivity contribution < 1.29 is 13.3 Å². The van der Waals surface area contributed by atoms with E-state index >= 15 is 0 Å². The molecular weight excluding hydrogens is 376 g/mol. The fraction of sp³-hybridized carbons (Fsp3) is 0.312. The largest absolute Gasteiger partial charge is 0.277 e. The zero-order valence-electron chi connectivity index (χ0n) is 14.7. The fourth-order valence-corrected chi connectivity index (χ4v) is 4.72. The molecule has 0 radical (unpaired) electrons. The van der Waals surface area contributed by atoms with E-state index in [1.807, 2.05) is 18.4 Å². The zero-order chi connectivity index (χ0) is 19.3. The van der Waals surface area contributed by atoms with E-state index in [0.29, 0.717) is 0 Å². The molecule has 0 unspecified atom stereocenters. The second-order valence-electron chi connectivity index (χ2n) is 5.36. The maximum Gasteiger partial charge on any atom is 0.270 e. The Morgan fingerprint density at radius 3 is 2.54 bits per heavy atom. The van der Waals surface area contributed by atoms with E-state index in [1.165, 1.54) is 27.8 Å². The Morgan fingerprint density at radius 2 is 2.00 bits per heavy atom. The normalized spacial score (nSPS) is 12.0. The molecule has 1 aromatic heterocycles. The number of non-ortho nitro benzene ring substituents is 1. The molecule has 0 saturated heterocycles. The lowest BCUT2D eigenvalue weighted by Crippen LogP contribution is -2.31. The number of aryl methyl sites for hydroxylation is 1. The molecule has 0 saturated carbocycles. The van der Waals surface area contributed by atoms with Crippen molar-refractivity contribution in [1.82, 2.24) is 4.31 Å². The fourth-order valence-electron chi connectivity index (χ4n) is 2.31. The van der Waals surface area contributed by atoms with Gasteiger partial charge in [0.15, 0.2) is 0 Å². The van der Waals surface area contributed by atoms with E-state index in [-0.39, 0.29) is 29.4 Å². The Kier molecular flexibility index (Phi) is 6.46. The van der Waals surface area contributed by atoms with Crippen LogP contribution < -0.4 is 5.43 Å². The van der Waals surface area contributed by atoms with Crippen molar-refractivity contribution in [2.45, 2.75) is 25.7 Å². The molecule has 0 aliphatic carbocycles. The summed E-state index contributed by atoms with van der Waals surface area (Å²) in [4.78, 5) is 11.2. The number of hydrogen-bond donors (Lipinski definition) is 1. The lowest BCUT2D eigenvalue weighted by atomic mass is 10.3. The Balaban J connectivity index is 2.44. The van der Waals surface area contributed by atoms with Crippen LogP contribution in [0.4, 0.5) is 11.4 Å². The monoisotopic (exact) mass is 396 g/mol. The molecule has 26 heavy (non-hydrogen) atoms. The molecule has 1 N–H and O–H groups in total. The van der Waals surface area contributed by atoms with E-state index in [4.69, 9.17) is 0 Å². The minimum Gasteiger partial charge on any atom is -0.277 e. The van der Waals surface area contributed by atoms with Gasteiger partial charge in [0.1, 0.15) is 4.90 Å². The summed E-state index contributed by atoms with van der Waals surface area (Å²) in [6, 6.07) is 5.61. The van der Waals surface area contributed by atoms with Gasteiger partial charge >= 0.3 is 0 Å². The van der Waals surface area contributed by atoms with Crippen LogP contribution in [0.5, 0.6) is 0 Å². The number of benzene rings is 1. The van der Waals surface area contributed by atoms with Gasteiger partial charge in [0.25, 0.3) is 5.69 Å². The second-order valence-corrected chi connectivity index (χ2v) is 8.22. The summed E-state index contributed by atoms with van der Waals surface area (Å²) in [5, 5.41) is 17.1. The number of nitrogens with zero attached hydrogens (tertiary/aromatic N) is 3. The van der Waals surface area contributed by atoms with Crippen molar-refractivity contribution >= 4 is 38.9 Å². The molecule has 1 heterocycles. The first-order valence-corrected chi connectivity index (χ1v) is 10.2. The third-order valence-electron chi connectivity index (χ3n) is 3.77. The summed E-state index contributed by atoms with van der Waals surface area (Å²) in [5.74, 6) is 0. The smallest absolute Gasteiger partial charge is 0.270 e. The average Bonchev–Trinajstić information content (AvgIpc) is 3.00. The van der Waals surface area contributed by atoms with Crippen molar-refractivity contribution in [2.75, 3.05) is 18.5 Å². The molecule has 0 aliphatic heterocycles. The predicted molar refractivity (Wildman–Crippen MR) is 103 cm³/mol. The number of anilines is 1. The maximum absolute atomic E-state index is 12.8. The Hall–Kier alpha value is -2.30. The van der Waals surface area contributed by atoms with E-state index in [9.17, 15) is 18.5 Å². The standard InChI is InChI=1S/C16H20N4O4S2/c1-4-19(5-2)26(23,24)16-10-13(20(21)22)6-7-14(16)18-17-11-15-12(3)8-9-25-15/h6-11,18H,4-5H2,1-3H3/b17-11-. The highest BCUT2D eigenvalue weighted by molar-refractivity contribution is 7.89. The van der Waals surface area contributed by atoms with Gasteiger partial charge in [-0.1, -0.05) is 13.8 Å². The van der Waals surface area contributed by atoms with E-state index in [0.717, 1.165) is 16.5 Å². The van der Waals surface area contributed by atoms with Crippen LogP contribution in [0, 0.1) is 17.0 Å². The molecule has 10 heteroatoms. The number of nitro benzene ring substituents is 1. The Bertz CT molecular complexity index is 918. The number of sulfonamides is 1. The van der Waals surface area contributed by atoms with E-state index in [1.54, 1.807) is 20.1 Å². The summed E-state index contributed by atoms with van der Waals surface area (Å²) in [7, 11) is -3.89. The lowest BCUT2D eigenvalue weighted by molar-refractivity contribution is -0.385. The van der Waals surface area contributed by atoms with E-state index in [2.05, 4.69) is 10.5 Å². The van der Waals surface area contributed by atoms with Gasteiger partial charge < -0.3 is 0 Å². The van der Waals surface area contributed by atoms with Gasteiger partial charge in [0, 0.05) is 30.1 Å². The van der Waals surface area contributed by atoms with Gasteiger partial charge in [-0.15, -0.1) is 11.3 Å². The highest BCUT2D eigenvalue weighted by Crippen LogP contribution is 2.29. The number of rotatable bonds is 8. The summed E-state index contributed by atoms with van der Waals surface area (Å²) in [6.07, 6.45) is 1.59.